The molecule has 0 nitrogen and oxygen atoms in total. The molecule has 9 heavy (non-hydrogen) atoms. The van der Waals surface area contributed by atoms with Crippen LogP contribution < -0.4 is 0 Å². The van der Waals surface area contributed by atoms with Gasteiger partial charge in [-0.2, -0.15) is 0 Å². The van der Waals surface area contributed by atoms with E-state index >= 15 is 0 Å². The van der Waals surface area contributed by atoms with Crippen LogP contribution in [0.1, 0.15) is 26.2 Å². The normalized spacial score (nSPS) is 68.3. The first kappa shape index (κ1) is 4.76. The van der Waals surface area contributed by atoms with Gasteiger partial charge in [0.05, 0.1) is 0 Å². The fourth-order valence-corrected chi connectivity index (χ4v) is 3.67. The summed E-state index contributed by atoms with van der Waals surface area (Å²) in [5, 5.41) is 0. The molecule has 0 aromatic rings. The molecule has 0 amide bonds. The zero-order valence-electron chi connectivity index (χ0n) is 6.01. The van der Waals surface area contributed by atoms with Crippen molar-refractivity contribution in [3.63, 3.8) is 0 Å². The Bertz CT molecular complexity index is 146. The van der Waals surface area contributed by atoms with Gasteiger partial charge in [0.1, 0.15) is 0 Å². The van der Waals surface area contributed by atoms with Crippen LogP contribution in [-0.4, -0.2) is 0 Å². The van der Waals surface area contributed by atoms with E-state index in [9.17, 15) is 0 Å². The average molecular weight is 122 g/mol. The molecule has 3 saturated carbocycles. The van der Waals surface area contributed by atoms with Crippen molar-refractivity contribution in [1.82, 2.24) is 0 Å². The molecule has 0 aliphatic heterocycles. The summed E-state index contributed by atoms with van der Waals surface area (Å²) in [4.78, 5) is 0. The van der Waals surface area contributed by atoms with E-state index in [4.69, 9.17) is 0 Å². The second-order valence-electron chi connectivity index (χ2n) is 4.45. The Kier molecular flexibility index (Phi) is 0.640. The van der Waals surface area contributed by atoms with E-state index in [2.05, 4.69) is 6.92 Å². The van der Waals surface area contributed by atoms with Gasteiger partial charge in [0.25, 0.3) is 0 Å². The van der Waals surface area contributed by atoms with Crippen molar-refractivity contribution in [1.29, 1.82) is 0 Å². The van der Waals surface area contributed by atoms with E-state index in [1.165, 1.54) is 23.7 Å². The summed E-state index contributed by atoms with van der Waals surface area (Å²) >= 11 is 0. The Labute approximate surface area is 56.6 Å². The molecule has 0 N–H and O–H groups in total. The Morgan fingerprint density at radius 2 is 1.78 bits per heavy atom. The molecule has 0 bridgehead atoms. The fourth-order valence-electron chi connectivity index (χ4n) is 3.67. The highest BCUT2D eigenvalue weighted by Gasteiger charge is 2.59. The summed E-state index contributed by atoms with van der Waals surface area (Å²) in [6.07, 6.45) is 4.78. The predicted molar refractivity (Wildman–Crippen MR) is 37.0 cm³/mol. The summed E-state index contributed by atoms with van der Waals surface area (Å²) in [6, 6.07) is 0. The van der Waals surface area contributed by atoms with E-state index in [0.29, 0.717) is 0 Å². The van der Waals surface area contributed by atoms with Gasteiger partial charge in [0.15, 0.2) is 0 Å². The molecule has 0 aromatic heterocycles. The molecule has 3 fully saturated rings. The SMILES string of the molecule is C[C@H]1C[C@H]2C[C@H]3CC1[C@H]32. The van der Waals surface area contributed by atoms with Crippen molar-refractivity contribution in [3.8, 4) is 0 Å². The zero-order valence-corrected chi connectivity index (χ0v) is 6.01. The second-order valence-corrected chi connectivity index (χ2v) is 4.45. The quantitative estimate of drug-likeness (QED) is 0.462. The molecule has 3 aliphatic carbocycles. The van der Waals surface area contributed by atoms with Crippen LogP contribution in [0.3, 0.4) is 0 Å². The van der Waals surface area contributed by atoms with Crippen molar-refractivity contribution in [2.75, 3.05) is 0 Å². The second kappa shape index (κ2) is 1.21. The highest BCUT2D eigenvalue weighted by Crippen LogP contribution is 2.67. The summed E-state index contributed by atoms with van der Waals surface area (Å²) in [5.41, 5.74) is 0. The lowest BCUT2D eigenvalue weighted by atomic mass is 9.51. The topological polar surface area (TPSA) is 0 Å². The van der Waals surface area contributed by atoms with Crippen LogP contribution in [0.4, 0.5) is 0 Å². The Balaban J connectivity index is 1.93. The number of hydrogen-bond donors (Lipinski definition) is 0. The van der Waals surface area contributed by atoms with E-state index in [1.54, 1.807) is 19.3 Å². The first-order chi connectivity index (χ1) is 4.36. The van der Waals surface area contributed by atoms with Gasteiger partial charge in [0.2, 0.25) is 0 Å². The van der Waals surface area contributed by atoms with Crippen LogP contribution >= 0.6 is 0 Å². The molecule has 0 heteroatoms. The van der Waals surface area contributed by atoms with Crippen molar-refractivity contribution in [2.24, 2.45) is 29.6 Å². The minimum atomic E-state index is 1.10. The standard InChI is InChI=1S/C9H14/c1-5-2-6-3-7-4-8(5)9(6)7/h5-9H,2-4H2,1H3/t5-,6-,7-,8?,9-/m0/s1. The largest absolute Gasteiger partial charge is 0.0622 e. The average Bonchev–Trinajstić information content (AvgIpc) is 2.01. The first-order valence-electron chi connectivity index (χ1n) is 4.36. The maximum atomic E-state index is 2.46. The van der Waals surface area contributed by atoms with E-state index < -0.39 is 0 Å². The summed E-state index contributed by atoms with van der Waals surface area (Å²) in [7, 11) is 0. The minimum Gasteiger partial charge on any atom is -0.0622 e. The van der Waals surface area contributed by atoms with Gasteiger partial charge in [-0.15, -0.1) is 0 Å². The predicted octanol–water partition coefficient (Wildman–Crippen LogP) is 2.30. The van der Waals surface area contributed by atoms with E-state index in [1.807, 2.05) is 0 Å². The van der Waals surface area contributed by atoms with Crippen molar-refractivity contribution in [2.45, 2.75) is 26.2 Å². The lowest BCUT2D eigenvalue weighted by Gasteiger charge is -2.53. The molecule has 0 saturated heterocycles. The molecule has 3 rings (SSSR count). The Hall–Kier alpha value is 0. The molecule has 0 radical (unpaired) electrons. The zero-order chi connectivity index (χ0) is 6.01. The van der Waals surface area contributed by atoms with Gasteiger partial charge in [-0.1, -0.05) is 6.92 Å². The van der Waals surface area contributed by atoms with Crippen molar-refractivity contribution >= 4 is 0 Å². The van der Waals surface area contributed by atoms with Crippen LogP contribution in [0.25, 0.3) is 0 Å². The molecular weight excluding hydrogens is 108 g/mol. The maximum Gasteiger partial charge on any atom is -0.0326 e. The fraction of sp³-hybridized carbons (Fsp3) is 1.00. The van der Waals surface area contributed by atoms with Crippen LogP contribution in [0.2, 0.25) is 0 Å². The lowest BCUT2D eigenvalue weighted by molar-refractivity contribution is -0.0469. The molecule has 5 atom stereocenters. The molecular formula is C9H14. The van der Waals surface area contributed by atoms with Gasteiger partial charge >= 0.3 is 0 Å². The Morgan fingerprint density at radius 3 is 2.33 bits per heavy atom. The lowest BCUT2D eigenvalue weighted by Crippen LogP contribution is -2.46. The highest BCUT2D eigenvalue weighted by molar-refractivity contribution is 5.08. The summed E-state index contributed by atoms with van der Waals surface area (Å²) < 4.78 is 0. The van der Waals surface area contributed by atoms with Gasteiger partial charge < -0.3 is 0 Å². The number of hydrogen-bond acceptors (Lipinski definition) is 0. The van der Waals surface area contributed by atoms with Crippen molar-refractivity contribution in [3.05, 3.63) is 0 Å². The smallest absolute Gasteiger partial charge is 0.0326 e. The third-order valence-corrected chi connectivity index (χ3v) is 4.17. The number of rotatable bonds is 0. The first-order valence-corrected chi connectivity index (χ1v) is 4.36. The third-order valence-electron chi connectivity index (χ3n) is 4.17. The molecule has 50 valence electrons. The molecule has 0 spiro atoms. The van der Waals surface area contributed by atoms with E-state index in [0.717, 1.165) is 5.92 Å². The molecule has 0 aromatic carbocycles. The van der Waals surface area contributed by atoms with Crippen LogP contribution in [0, 0.1) is 29.6 Å². The van der Waals surface area contributed by atoms with Crippen LogP contribution in [0.5, 0.6) is 0 Å². The monoisotopic (exact) mass is 122 g/mol. The highest BCUT2D eigenvalue weighted by atomic mass is 14.6. The van der Waals surface area contributed by atoms with Crippen LogP contribution in [-0.2, 0) is 0 Å². The van der Waals surface area contributed by atoms with Crippen molar-refractivity contribution < 1.29 is 0 Å². The van der Waals surface area contributed by atoms with Crippen LogP contribution in [0.15, 0.2) is 0 Å². The van der Waals surface area contributed by atoms with Gasteiger partial charge in [-0.25, -0.2) is 0 Å². The molecule has 0 heterocycles. The van der Waals surface area contributed by atoms with E-state index in [-0.39, 0.29) is 0 Å². The summed E-state index contributed by atoms with van der Waals surface area (Å²) in [5.74, 6) is 5.93. The van der Waals surface area contributed by atoms with Gasteiger partial charge in [-0.3, -0.25) is 0 Å². The minimum absolute atomic E-state index is 1.10. The third kappa shape index (κ3) is 0.367. The van der Waals surface area contributed by atoms with Gasteiger partial charge in [-0.05, 0) is 48.9 Å². The molecule has 1 unspecified atom stereocenters. The van der Waals surface area contributed by atoms with Gasteiger partial charge in [0, 0.05) is 0 Å². The Morgan fingerprint density at radius 1 is 1.00 bits per heavy atom. The maximum absolute atomic E-state index is 2.46. The molecule has 3 aliphatic rings. The summed E-state index contributed by atoms with van der Waals surface area (Å²) in [6.45, 7) is 2.46.